The first-order chi connectivity index (χ1) is 0. The van der Waals surface area contributed by atoms with E-state index in [1.807, 2.05) is 0 Å². The van der Waals surface area contributed by atoms with Crippen LogP contribution in [0.5, 0.6) is 0 Å². The van der Waals surface area contributed by atoms with Crippen molar-refractivity contribution >= 4 is 17.4 Å². The van der Waals surface area contributed by atoms with Gasteiger partial charge in [-0.25, -0.2) is 0 Å². The van der Waals surface area contributed by atoms with Crippen LogP contribution in [0.3, 0.4) is 0 Å². The fourth-order valence-electron chi connectivity index (χ4n) is 0. The molecule has 0 aromatic carbocycles. The second-order valence-corrected chi connectivity index (χ2v) is 0. The van der Waals surface area contributed by atoms with Gasteiger partial charge in [-0.05, 0) is 0 Å². The molecule has 0 aliphatic carbocycles. The van der Waals surface area contributed by atoms with E-state index in [-0.39, 0.29) is 50.7 Å². The van der Waals surface area contributed by atoms with E-state index in [9.17, 15) is 0 Å². The Hall–Kier alpha value is 1.17. The van der Waals surface area contributed by atoms with Crippen molar-refractivity contribution in [1.82, 2.24) is 6.15 Å². The molecule has 0 saturated heterocycles. The molecule has 4 heteroatoms. The van der Waals surface area contributed by atoms with Crippen LogP contribution in [-0.4, -0.2) is 17.4 Å². The zero-order valence-electron chi connectivity index (χ0n) is 1.93. The minimum absolute atomic E-state index is 0. The van der Waals surface area contributed by atoms with Crippen LogP contribution in [-0.2, 0) is 27.2 Å². The van der Waals surface area contributed by atoms with Crippen LogP contribution >= 0.6 is 0 Å². The molecule has 0 fully saturated rings. The van der Waals surface area contributed by atoms with Gasteiger partial charge < -0.3 is 0 Å². The predicted molar refractivity (Wildman–Crippen MR) is 8.57 cm³/mol. The number of hydrogen-bond donors (Lipinski definition) is 0. The smallest absolute Gasteiger partial charge is 0 e. The van der Waals surface area contributed by atoms with E-state index >= 15 is 0 Å². The summed E-state index contributed by atoms with van der Waals surface area (Å²) < 4.78 is 0. The average Bonchev–Trinajstić information content (AvgIpc) is 0. The second kappa shape index (κ2) is 30.7. The van der Waals surface area contributed by atoms with Crippen LogP contribution in [0.2, 0.25) is 0 Å². The molecular formula is AlNOTi. The first-order valence-electron chi connectivity index (χ1n) is 0. The van der Waals surface area contributed by atoms with Crippen molar-refractivity contribution in [2.45, 2.75) is 0 Å². The Kier molecular flexibility index (Phi) is 506. The minimum Gasteiger partial charge on any atom is 0 e. The molecule has 18 valence electrons. The first-order valence-corrected chi connectivity index (χ1v) is 0. The van der Waals surface area contributed by atoms with E-state index in [1.165, 1.54) is 0 Å². The van der Waals surface area contributed by atoms with Crippen molar-refractivity contribution in [1.29, 1.82) is 0 Å². The van der Waals surface area contributed by atoms with Crippen LogP contribution in [0.4, 0.5) is 0 Å². The third kappa shape index (κ3) is 10.9. The van der Waals surface area contributed by atoms with Gasteiger partial charge in [-0.2, -0.15) is 0 Å². The fraction of sp³-hybridized carbons (Fsp3) is 0. The number of hydrogen-bond acceptors (Lipinski definition) is 0. The Morgan fingerprint density at radius 2 is 1.00 bits per heavy atom. The summed E-state index contributed by atoms with van der Waals surface area (Å²) in [5.74, 6) is 0. The standard InChI is InChI=1S/Al.N.O.Ti. The summed E-state index contributed by atoms with van der Waals surface area (Å²) in [6.07, 6.45) is 0. The zero-order valence-corrected chi connectivity index (χ0v) is 4.65. The molecule has 0 rings (SSSR count). The molecule has 0 unspecified atom stereocenters. The molecule has 0 bridgehead atoms. The van der Waals surface area contributed by atoms with Gasteiger partial charge in [-0.3, -0.25) is 0 Å². The molecule has 0 saturated carbocycles. The summed E-state index contributed by atoms with van der Waals surface area (Å²) in [5, 5.41) is 0. The summed E-state index contributed by atoms with van der Waals surface area (Å²) >= 11 is 0. The third-order valence-corrected chi connectivity index (χ3v) is 0. The quantitative estimate of drug-likeness (QED) is 0.355. The van der Waals surface area contributed by atoms with Crippen LogP contribution in [0.1, 0.15) is 0 Å². The Labute approximate surface area is 50.9 Å². The summed E-state index contributed by atoms with van der Waals surface area (Å²) in [7, 11) is 0. The second-order valence-electron chi connectivity index (χ2n) is 0. The molecule has 4 heavy (non-hydrogen) atoms. The van der Waals surface area contributed by atoms with E-state index in [2.05, 4.69) is 0 Å². The fourth-order valence-corrected chi connectivity index (χ4v) is 0. The normalized spacial score (nSPS) is 0. The average molecular weight is 105 g/mol. The Morgan fingerprint density at radius 3 is 1.00 bits per heavy atom. The Morgan fingerprint density at radius 1 is 1.00 bits per heavy atom. The van der Waals surface area contributed by atoms with Crippen molar-refractivity contribution in [3.8, 4) is 0 Å². The summed E-state index contributed by atoms with van der Waals surface area (Å²) in [4.78, 5) is 0. The van der Waals surface area contributed by atoms with Gasteiger partial charge in [0.2, 0.25) is 0 Å². The van der Waals surface area contributed by atoms with Gasteiger partial charge in [-0.15, -0.1) is 0 Å². The number of rotatable bonds is 0. The maximum atomic E-state index is 0. The van der Waals surface area contributed by atoms with Gasteiger partial charge >= 0.3 is 0 Å². The van der Waals surface area contributed by atoms with Crippen molar-refractivity contribution in [2.24, 2.45) is 0 Å². The van der Waals surface area contributed by atoms with Crippen LogP contribution in [0, 0.1) is 0 Å². The Bertz CT molecular complexity index is 8.00. The van der Waals surface area contributed by atoms with Gasteiger partial charge in [0.25, 0.3) is 0 Å². The molecule has 0 aromatic heterocycles. The molecule has 2 nitrogen and oxygen atoms in total. The van der Waals surface area contributed by atoms with Gasteiger partial charge in [-0.1, -0.05) is 0 Å². The summed E-state index contributed by atoms with van der Waals surface area (Å²) in [5.41, 5.74) is 0. The van der Waals surface area contributed by atoms with Crippen molar-refractivity contribution < 1.29 is 27.2 Å². The molecule has 0 spiro atoms. The molecule has 0 aliphatic heterocycles. The van der Waals surface area contributed by atoms with Crippen molar-refractivity contribution in [3.63, 3.8) is 0 Å². The topological polar surface area (TPSA) is 59.0 Å². The zero-order chi connectivity index (χ0) is 0. The molecule has 0 aromatic rings. The van der Waals surface area contributed by atoms with Crippen molar-refractivity contribution in [2.75, 3.05) is 0 Å². The molecule has 0 heterocycles. The van der Waals surface area contributed by atoms with E-state index in [4.69, 9.17) is 0 Å². The van der Waals surface area contributed by atoms with Crippen LogP contribution < -0.4 is 6.15 Å². The third-order valence-electron chi connectivity index (χ3n) is 0. The number of nitrogens with zero attached hydrogens (tertiary/aromatic N) is 1. The van der Waals surface area contributed by atoms with Gasteiger partial charge in [0.05, 0.1) is 0 Å². The molecule has 8 radical (unpaired) electrons. The Balaban J connectivity index is 0. The molecule has 0 atom stereocenters. The van der Waals surface area contributed by atoms with Crippen LogP contribution in [0.15, 0.2) is 0 Å². The van der Waals surface area contributed by atoms with Gasteiger partial charge in [0.15, 0.2) is 0 Å². The molecule has 0 amide bonds. The minimum atomic E-state index is 0. The predicted octanol–water partition coefficient (Wildman–Crippen LogP) is -0.983. The van der Waals surface area contributed by atoms with Crippen molar-refractivity contribution in [3.05, 3.63) is 0 Å². The van der Waals surface area contributed by atoms with Gasteiger partial charge in [0.1, 0.15) is 0 Å². The summed E-state index contributed by atoms with van der Waals surface area (Å²) in [6.45, 7) is 0. The molecule has 0 aliphatic rings. The van der Waals surface area contributed by atoms with Crippen LogP contribution in [0.25, 0.3) is 0 Å². The van der Waals surface area contributed by atoms with Gasteiger partial charge in [0, 0.05) is 50.7 Å². The first kappa shape index (κ1) is 65.9. The summed E-state index contributed by atoms with van der Waals surface area (Å²) in [6, 6.07) is 0. The monoisotopic (exact) mass is 105 g/mol. The maximum Gasteiger partial charge on any atom is 0 e. The van der Waals surface area contributed by atoms with E-state index in [0.717, 1.165) is 0 Å². The van der Waals surface area contributed by atoms with E-state index < -0.39 is 0 Å². The van der Waals surface area contributed by atoms with E-state index in [1.54, 1.807) is 0 Å². The SMILES string of the molecule is [Al].[N].[O].[Ti]. The molecule has 0 N–H and O–H groups in total. The largest absolute Gasteiger partial charge is 0 e. The molecular weight excluding hydrogens is 105 g/mol. The van der Waals surface area contributed by atoms with E-state index in [0.29, 0.717) is 0 Å². The maximum absolute atomic E-state index is 0.